The molecule has 4 rings (SSSR count). The maximum atomic E-state index is 13.3. The van der Waals surface area contributed by atoms with E-state index < -0.39 is 0 Å². The van der Waals surface area contributed by atoms with Crippen LogP contribution >= 0.6 is 23.4 Å². The maximum Gasteiger partial charge on any atom is 0.265 e. The summed E-state index contributed by atoms with van der Waals surface area (Å²) in [6.45, 7) is 2.54. The molecule has 0 atom stereocenters. The van der Waals surface area contributed by atoms with Gasteiger partial charge < -0.3 is 5.32 Å². The number of hydrogen-bond acceptors (Lipinski definition) is 3. The molecule has 3 aromatic carbocycles. The van der Waals surface area contributed by atoms with Gasteiger partial charge in [0, 0.05) is 16.5 Å². The molecule has 6 heteroatoms. The molecule has 0 unspecified atom stereocenters. The number of nitrogens with zero attached hydrogens (tertiary/aromatic N) is 1. The number of para-hydroxylation sites is 1. The smallest absolute Gasteiger partial charge is 0.265 e. The van der Waals surface area contributed by atoms with Crippen LogP contribution in [0.25, 0.3) is 6.08 Å². The zero-order valence-electron chi connectivity index (χ0n) is 17.7. The Bertz CT molecular complexity index is 1170. The largest absolute Gasteiger partial charge is 0.354 e. The van der Waals surface area contributed by atoms with Gasteiger partial charge >= 0.3 is 0 Å². The van der Waals surface area contributed by atoms with E-state index in [-0.39, 0.29) is 18.4 Å². The predicted molar refractivity (Wildman–Crippen MR) is 132 cm³/mol. The van der Waals surface area contributed by atoms with E-state index in [9.17, 15) is 9.59 Å². The summed E-state index contributed by atoms with van der Waals surface area (Å²) in [7, 11) is 0. The number of anilines is 1. The summed E-state index contributed by atoms with van der Waals surface area (Å²) in [5, 5.41) is 3.55. The van der Waals surface area contributed by atoms with Gasteiger partial charge in [0.2, 0.25) is 5.91 Å². The summed E-state index contributed by atoms with van der Waals surface area (Å²) in [4.78, 5) is 29.0. The van der Waals surface area contributed by atoms with E-state index in [1.807, 2.05) is 55.5 Å². The second kappa shape index (κ2) is 10.1. The molecule has 0 aromatic heterocycles. The minimum absolute atomic E-state index is 0.0306. The quantitative estimate of drug-likeness (QED) is 0.493. The van der Waals surface area contributed by atoms with Crippen LogP contribution in [0.2, 0.25) is 5.02 Å². The Kier molecular flexibility index (Phi) is 6.98. The lowest BCUT2D eigenvalue weighted by molar-refractivity contribution is -0.122. The van der Waals surface area contributed by atoms with E-state index in [0.717, 1.165) is 22.6 Å². The van der Waals surface area contributed by atoms with Gasteiger partial charge in [-0.2, -0.15) is 0 Å². The van der Waals surface area contributed by atoms with Gasteiger partial charge in [-0.05, 0) is 54.8 Å². The third kappa shape index (κ3) is 5.42. The van der Waals surface area contributed by atoms with E-state index in [1.165, 1.54) is 22.9 Å². The average Bonchev–Trinajstić information content (AvgIpc) is 2.78. The minimum atomic E-state index is -0.192. The van der Waals surface area contributed by atoms with Crippen LogP contribution in [0.1, 0.15) is 16.7 Å². The molecule has 32 heavy (non-hydrogen) atoms. The van der Waals surface area contributed by atoms with Crippen molar-refractivity contribution in [3.63, 3.8) is 0 Å². The number of hydrogen-bond donors (Lipinski definition) is 1. The Morgan fingerprint density at radius 1 is 1.06 bits per heavy atom. The minimum Gasteiger partial charge on any atom is -0.354 e. The Balaban J connectivity index is 1.48. The molecule has 0 aliphatic carbocycles. The average molecular weight is 463 g/mol. The molecule has 1 aliphatic heterocycles. The molecule has 0 bridgehead atoms. The number of fused-ring (bicyclic) bond motifs is 1. The number of halogens is 1. The zero-order valence-corrected chi connectivity index (χ0v) is 19.2. The predicted octanol–water partition coefficient (Wildman–Crippen LogP) is 5.49. The number of nitrogens with one attached hydrogen (secondary N) is 1. The highest BCUT2D eigenvalue weighted by molar-refractivity contribution is 8.04. The van der Waals surface area contributed by atoms with Gasteiger partial charge in [0.25, 0.3) is 5.91 Å². The molecule has 0 saturated heterocycles. The second-order valence-corrected chi connectivity index (χ2v) is 9.13. The summed E-state index contributed by atoms with van der Waals surface area (Å²) >= 11 is 7.50. The van der Waals surface area contributed by atoms with Crippen LogP contribution in [-0.4, -0.2) is 24.9 Å². The molecule has 0 fully saturated rings. The molecule has 162 valence electrons. The second-order valence-electron chi connectivity index (χ2n) is 7.61. The van der Waals surface area contributed by atoms with E-state index in [0.29, 0.717) is 16.5 Å². The number of carbonyl (C=O) groups is 2. The number of carbonyl (C=O) groups excluding carboxylic acids is 2. The summed E-state index contributed by atoms with van der Waals surface area (Å²) in [6, 6.07) is 23.2. The highest BCUT2D eigenvalue weighted by Gasteiger charge is 2.30. The van der Waals surface area contributed by atoms with Crippen molar-refractivity contribution in [3.8, 4) is 0 Å². The van der Waals surface area contributed by atoms with Gasteiger partial charge in [-0.15, -0.1) is 0 Å². The van der Waals surface area contributed by atoms with Crippen LogP contribution in [0.15, 0.2) is 82.6 Å². The number of aryl methyl sites for hydroxylation is 1. The van der Waals surface area contributed by atoms with Gasteiger partial charge in [0.1, 0.15) is 6.54 Å². The number of amides is 2. The molecular formula is C26H23ClN2O2S. The summed E-state index contributed by atoms with van der Waals surface area (Å²) < 4.78 is 0. The van der Waals surface area contributed by atoms with Crippen molar-refractivity contribution in [2.24, 2.45) is 0 Å². The monoisotopic (exact) mass is 462 g/mol. The third-order valence-corrected chi connectivity index (χ3v) is 6.45. The Morgan fingerprint density at radius 3 is 2.62 bits per heavy atom. The lowest BCUT2D eigenvalue weighted by atomic mass is 10.1. The molecule has 4 nitrogen and oxygen atoms in total. The highest BCUT2D eigenvalue weighted by Crippen LogP contribution is 2.41. The molecular weight excluding hydrogens is 440 g/mol. The maximum absolute atomic E-state index is 13.3. The van der Waals surface area contributed by atoms with E-state index in [4.69, 9.17) is 11.6 Å². The van der Waals surface area contributed by atoms with E-state index in [1.54, 1.807) is 11.0 Å². The summed E-state index contributed by atoms with van der Waals surface area (Å²) in [5.41, 5.74) is 3.97. The van der Waals surface area contributed by atoms with E-state index >= 15 is 0 Å². The number of benzene rings is 3. The van der Waals surface area contributed by atoms with Gasteiger partial charge in [0.05, 0.1) is 10.6 Å². The van der Waals surface area contributed by atoms with Crippen LogP contribution in [0.4, 0.5) is 5.69 Å². The van der Waals surface area contributed by atoms with Crippen molar-refractivity contribution in [2.75, 3.05) is 18.0 Å². The molecule has 1 heterocycles. The van der Waals surface area contributed by atoms with Crippen LogP contribution < -0.4 is 10.2 Å². The molecule has 0 spiro atoms. The molecule has 0 radical (unpaired) electrons. The first-order valence-electron chi connectivity index (χ1n) is 10.4. The fraction of sp³-hybridized carbons (Fsp3) is 0.154. The molecule has 1 aliphatic rings. The third-order valence-electron chi connectivity index (χ3n) is 5.14. The standard InChI is InChI=1S/C26H23ClN2O2S/c1-18-9-11-19(12-10-18)13-14-28-25(30)17-29-22-7-2-3-8-23(22)32-24(26(29)31)16-20-5-4-6-21(27)15-20/h2-12,15-16H,13-14,17H2,1H3,(H,28,30). The van der Waals surface area contributed by atoms with Crippen LogP contribution in [-0.2, 0) is 16.0 Å². The fourth-order valence-electron chi connectivity index (χ4n) is 3.47. The van der Waals surface area contributed by atoms with Crippen molar-refractivity contribution >= 4 is 46.9 Å². The van der Waals surface area contributed by atoms with Gasteiger partial charge in [-0.1, -0.05) is 77.5 Å². The number of rotatable bonds is 6. The van der Waals surface area contributed by atoms with Gasteiger partial charge in [-0.25, -0.2) is 0 Å². The van der Waals surface area contributed by atoms with Crippen molar-refractivity contribution in [1.29, 1.82) is 0 Å². The van der Waals surface area contributed by atoms with E-state index in [2.05, 4.69) is 29.6 Å². The topological polar surface area (TPSA) is 49.4 Å². The molecule has 0 saturated carbocycles. The number of thioether (sulfide) groups is 1. The SMILES string of the molecule is Cc1ccc(CCNC(=O)CN2C(=O)C(=Cc3cccc(Cl)c3)Sc3ccccc32)cc1. The molecule has 3 aromatic rings. The van der Waals surface area contributed by atoms with Crippen molar-refractivity contribution < 1.29 is 9.59 Å². The molecule has 2 amide bonds. The van der Waals surface area contributed by atoms with Crippen molar-refractivity contribution in [2.45, 2.75) is 18.2 Å². The summed E-state index contributed by atoms with van der Waals surface area (Å²) in [5.74, 6) is -0.378. The Hall–Kier alpha value is -3.02. The fourth-order valence-corrected chi connectivity index (χ4v) is 4.73. The normalized spacial score (nSPS) is 14.4. The van der Waals surface area contributed by atoms with Crippen molar-refractivity contribution in [3.05, 3.63) is 99.4 Å². The van der Waals surface area contributed by atoms with Gasteiger partial charge in [0.15, 0.2) is 0 Å². The Labute approximate surface area is 197 Å². The zero-order chi connectivity index (χ0) is 22.5. The molecule has 1 N–H and O–H groups in total. The van der Waals surface area contributed by atoms with Crippen LogP contribution in [0, 0.1) is 6.92 Å². The first-order valence-corrected chi connectivity index (χ1v) is 11.6. The van der Waals surface area contributed by atoms with Crippen molar-refractivity contribution in [1.82, 2.24) is 5.32 Å². The lowest BCUT2D eigenvalue weighted by Crippen LogP contribution is -2.43. The van der Waals surface area contributed by atoms with Crippen LogP contribution in [0.5, 0.6) is 0 Å². The Morgan fingerprint density at radius 2 is 1.84 bits per heavy atom. The van der Waals surface area contributed by atoms with Crippen LogP contribution in [0.3, 0.4) is 0 Å². The summed E-state index contributed by atoms with van der Waals surface area (Å²) in [6.07, 6.45) is 2.56. The van der Waals surface area contributed by atoms with Gasteiger partial charge in [-0.3, -0.25) is 14.5 Å². The highest BCUT2D eigenvalue weighted by atomic mass is 35.5. The first kappa shape index (κ1) is 22.2. The lowest BCUT2D eigenvalue weighted by Gasteiger charge is -2.29. The first-order chi connectivity index (χ1) is 15.5.